The van der Waals surface area contributed by atoms with Crippen molar-refractivity contribution >= 4 is 27.7 Å². The van der Waals surface area contributed by atoms with Gasteiger partial charge in [0.15, 0.2) is 0 Å². The van der Waals surface area contributed by atoms with E-state index in [-0.39, 0.29) is 18.2 Å². The molecule has 1 aromatic carbocycles. The third-order valence-electron chi connectivity index (χ3n) is 2.13. The second-order valence-electron chi connectivity index (χ2n) is 3.56. The number of esters is 1. The lowest BCUT2D eigenvalue weighted by Gasteiger charge is -2.05. The van der Waals surface area contributed by atoms with E-state index in [1.807, 2.05) is 18.2 Å². The first-order chi connectivity index (χ1) is 7.52. The van der Waals surface area contributed by atoms with Crippen molar-refractivity contribution in [1.29, 1.82) is 0 Å². The molecule has 0 heterocycles. The van der Waals surface area contributed by atoms with Gasteiger partial charge < -0.3 is 4.74 Å². The molecule has 0 fully saturated rings. The van der Waals surface area contributed by atoms with E-state index in [9.17, 15) is 9.59 Å². The van der Waals surface area contributed by atoms with Gasteiger partial charge in [0.1, 0.15) is 5.78 Å². The van der Waals surface area contributed by atoms with E-state index in [1.165, 1.54) is 7.11 Å². The molecule has 16 heavy (non-hydrogen) atoms. The van der Waals surface area contributed by atoms with Crippen molar-refractivity contribution in [3.8, 4) is 0 Å². The van der Waals surface area contributed by atoms with Crippen molar-refractivity contribution in [3.05, 3.63) is 33.8 Å². The highest BCUT2D eigenvalue weighted by molar-refractivity contribution is 9.10. The largest absolute Gasteiger partial charge is 0.469 e. The predicted octanol–water partition coefficient (Wildman–Crippen LogP) is 2.30. The fraction of sp³-hybridized carbons (Fsp3) is 0.333. The Balaban J connectivity index is 2.88. The van der Waals surface area contributed by atoms with Gasteiger partial charge in [-0.2, -0.15) is 0 Å². The third-order valence-corrected chi connectivity index (χ3v) is 2.90. The molecular weight excluding hydrogens is 272 g/mol. The van der Waals surface area contributed by atoms with Crippen LogP contribution >= 0.6 is 15.9 Å². The summed E-state index contributed by atoms with van der Waals surface area (Å²) in [6.45, 7) is 1.54. The Hall–Kier alpha value is -1.16. The van der Waals surface area contributed by atoms with Crippen molar-refractivity contribution in [3.63, 3.8) is 0 Å². The van der Waals surface area contributed by atoms with Crippen LogP contribution in [0, 0.1) is 0 Å². The van der Waals surface area contributed by atoms with Crippen molar-refractivity contribution in [2.75, 3.05) is 7.11 Å². The minimum Gasteiger partial charge on any atom is -0.469 e. The highest BCUT2D eigenvalue weighted by atomic mass is 79.9. The minimum absolute atomic E-state index is 0.0934. The van der Waals surface area contributed by atoms with Crippen LogP contribution in [0.5, 0.6) is 0 Å². The van der Waals surface area contributed by atoms with Crippen LogP contribution in [0.4, 0.5) is 0 Å². The summed E-state index contributed by atoms with van der Waals surface area (Å²) in [4.78, 5) is 22.1. The van der Waals surface area contributed by atoms with Crippen LogP contribution in [0.1, 0.15) is 18.1 Å². The van der Waals surface area contributed by atoms with Crippen molar-refractivity contribution in [2.24, 2.45) is 0 Å². The molecular formula is C12H13BrO3. The topological polar surface area (TPSA) is 43.4 Å². The Morgan fingerprint density at radius 1 is 1.31 bits per heavy atom. The molecule has 0 aromatic heterocycles. The molecule has 0 unspecified atom stereocenters. The van der Waals surface area contributed by atoms with Crippen LogP contribution in [0.25, 0.3) is 0 Å². The Labute approximate surface area is 103 Å². The summed E-state index contributed by atoms with van der Waals surface area (Å²) in [6.07, 6.45) is 0.601. The molecule has 86 valence electrons. The molecule has 4 heteroatoms. The number of carbonyl (C=O) groups is 2. The standard InChI is InChI=1S/C12H13BrO3/c1-8(14)5-10-6-9(3-4-11(10)13)7-12(15)16-2/h3-4,6H,5,7H2,1-2H3. The second-order valence-corrected chi connectivity index (χ2v) is 4.41. The van der Waals surface area contributed by atoms with Crippen LogP contribution in [-0.2, 0) is 27.2 Å². The molecule has 1 rings (SSSR count). The summed E-state index contributed by atoms with van der Waals surface area (Å²) in [5.74, 6) is -0.188. The SMILES string of the molecule is COC(=O)Cc1ccc(Br)c(CC(C)=O)c1. The van der Waals surface area contributed by atoms with Gasteiger partial charge in [0.2, 0.25) is 0 Å². The maximum absolute atomic E-state index is 11.1. The van der Waals surface area contributed by atoms with Crippen molar-refractivity contribution < 1.29 is 14.3 Å². The number of methoxy groups -OCH3 is 1. The first-order valence-electron chi connectivity index (χ1n) is 4.86. The van der Waals surface area contributed by atoms with Crippen LogP contribution in [-0.4, -0.2) is 18.9 Å². The average molecular weight is 285 g/mol. The Bertz CT molecular complexity index is 413. The Morgan fingerprint density at radius 2 is 2.00 bits per heavy atom. The average Bonchev–Trinajstić information content (AvgIpc) is 2.22. The van der Waals surface area contributed by atoms with E-state index in [0.717, 1.165) is 15.6 Å². The molecule has 0 aliphatic carbocycles. The van der Waals surface area contributed by atoms with Gasteiger partial charge >= 0.3 is 5.97 Å². The Kier molecular flexibility index (Phi) is 4.68. The summed E-state index contributed by atoms with van der Waals surface area (Å²) >= 11 is 3.37. The van der Waals surface area contributed by atoms with Crippen LogP contribution in [0.15, 0.2) is 22.7 Å². The van der Waals surface area contributed by atoms with Gasteiger partial charge in [0.25, 0.3) is 0 Å². The zero-order valence-corrected chi connectivity index (χ0v) is 10.8. The maximum Gasteiger partial charge on any atom is 0.309 e. The fourth-order valence-corrected chi connectivity index (χ4v) is 1.77. The monoisotopic (exact) mass is 284 g/mol. The molecule has 1 aromatic rings. The number of carbonyl (C=O) groups excluding carboxylic acids is 2. The lowest BCUT2D eigenvalue weighted by Crippen LogP contribution is -2.05. The van der Waals surface area contributed by atoms with Gasteiger partial charge in [-0.1, -0.05) is 28.1 Å². The van der Waals surface area contributed by atoms with E-state index < -0.39 is 0 Å². The molecule has 0 N–H and O–H groups in total. The zero-order valence-electron chi connectivity index (χ0n) is 9.25. The third kappa shape index (κ3) is 3.77. The summed E-state index contributed by atoms with van der Waals surface area (Å²) in [6, 6.07) is 5.53. The lowest BCUT2D eigenvalue weighted by atomic mass is 10.0. The first kappa shape index (κ1) is 12.9. The molecule has 3 nitrogen and oxygen atoms in total. The van der Waals surface area contributed by atoms with Crippen LogP contribution in [0.2, 0.25) is 0 Å². The molecule has 0 saturated heterocycles. The number of Topliss-reactive ketones (excluding diaryl/α,β-unsaturated/α-hetero) is 1. The summed E-state index contributed by atoms with van der Waals surface area (Å²) in [5, 5.41) is 0. The van der Waals surface area contributed by atoms with E-state index in [0.29, 0.717) is 6.42 Å². The number of ketones is 1. The molecule has 0 amide bonds. The predicted molar refractivity (Wildman–Crippen MR) is 64.2 cm³/mol. The van der Waals surface area contributed by atoms with Gasteiger partial charge in [-0.3, -0.25) is 9.59 Å². The zero-order chi connectivity index (χ0) is 12.1. The number of hydrogen-bond donors (Lipinski definition) is 0. The van der Waals surface area contributed by atoms with Gasteiger partial charge in [-0.15, -0.1) is 0 Å². The number of rotatable bonds is 4. The van der Waals surface area contributed by atoms with Gasteiger partial charge in [0.05, 0.1) is 13.5 Å². The lowest BCUT2D eigenvalue weighted by molar-refractivity contribution is -0.139. The molecule has 0 spiro atoms. The number of halogens is 1. The molecule has 0 saturated carbocycles. The van der Waals surface area contributed by atoms with Crippen molar-refractivity contribution in [1.82, 2.24) is 0 Å². The summed E-state index contributed by atoms with van der Waals surface area (Å²) < 4.78 is 5.47. The van der Waals surface area contributed by atoms with Crippen LogP contribution < -0.4 is 0 Å². The number of benzene rings is 1. The number of hydrogen-bond acceptors (Lipinski definition) is 3. The van der Waals surface area contributed by atoms with Gasteiger partial charge in [-0.25, -0.2) is 0 Å². The highest BCUT2D eigenvalue weighted by Crippen LogP contribution is 2.19. The summed E-state index contributed by atoms with van der Waals surface area (Å²) in [5.41, 5.74) is 1.75. The van der Waals surface area contributed by atoms with Crippen LogP contribution in [0.3, 0.4) is 0 Å². The van der Waals surface area contributed by atoms with E-state index in [2.05, 4.69) is 20.7 Å². The summed E-state index contributed by atoms with van der Waals surface area (Å²) in [7, 11) is 1.36. The maximum atomic E-state index is 11.1. The van der Waals surface area contributed by atoms with E-state index in [4.69, 9.17) is 0 Å². The quantitative estimate of drug-likeness (QED) is 0.797. The van der Waals surface area contributed by atoms with E-state index in [1.54, 1.807) is 6.92 Å². The van der Waals surface area contributed by atoms with Crippen molar-refractivity contribution in [2.45, 2.75) is 19.8 Å². The van der Waals surface area contributed by atoms with E-state index >= 15 is 0 Å². The normalized spacial score (nSPS) is 9.94. The molecule has 0 aliphatic heterocycles. The minimum atomic E-state index is -0.281. The van der Waals surface area contributed by atoms with Gasteiger partial charge in [-0.05, 0) is 24.1 Å². The Morgan fingerprint density at radius 3 is 2.56 bits per heavy atom. The second kappa shape index (κ2) is 5.80. The molecule has 0 radical (unpaired) electrons. The first-order valence-corrected chi connectivity index (χ1v) is 5.65. The molecule has 0 bridgehead atoms. The highest BCUT2D eigenvalue weighted by Gasteiger charge is 2.07. The molecule has 0 aliphatic rings. The smallest absolute Gasteiger partial charge is 0.309 e. The number of ether oxygens (including phenoxy) is 1. The van der Waals surface area contributed by atoms with Gasteiger partial charge in [0, 0.05) is 10.9 Å². The fourth-order valence-electron chi connectivity index (χ4n) is 1.38. The molecule has 0 atom stereocenters.